The maximum absolute atomic E-state index is 11.7. The maximum Gasteiger partial charge on any atom is 0.347 e. The third-order valence-corrected chi connectivity index (χ3v) is 3.41. The van der Waals surface area contributed by atoms with E-state index >= 15 is 0 Å². The molecule has 0 bridgehead atoms. The highest BCUT2D eigenvalue weighted by atomic mass is 32.1. The van der Waals surface area contributed by atoms with Gasteiger partial charge in [0.25, 0.3) is 0 Å². The number of carbonyl (C=O) groups excluding carboxylic acids is 1. The van der Waals surface area contributed by atoms with Gasteiger partial charge in [-0.1, -0.05) is 11.3 Å². The Morgan fingerprint density at radius 1 is 1.53 bits per heavy atom. The first-order valence-electron chi connectivity index (χ1n) is 5.69. The maximum atomic E-state index is 11.7. The number of aromatic carboxylic acids is 1. The predicted octanol–water partition coefficient (Wildman–Crippen LogP) is 0.713. The smallest absolute Gasteiger partial charge is 0.347 e. The Morgan fingerprint density at radius 3 is 2.74 bits per heavy atom. The number of aromatic nitrogens is 1. The minimum Gasteiger partial charge on any atom is -0.477 e. The molecule has 106 valence electrons. The largest absolute Gasteiger partial charge is 0.477 e. The number of aryl methyl sites for hydroxylation is 1. The van der Waals surface area contributed by atoms with E-state index in [9.17, 15) is 9.59 Å². The summed E-state index contributed by atoms with van der Waals surface area (Å²) in [7, 11) is 1.56. The minimum atomic E-state index is -1.01. The van der Waals surface area contributed by atoms with Gasteiger partial charge in [0.15, 0.2) is 5.13 Å². The molecule has 1 atom stereocenters. The van der Waals surface area contributed by atoms with Crippen LogP contribution in [0, 0.1) is 6.92 Å². The predicted molar refractivity (Wildman–Crippen MR) is 71.8 cm³/mol. The average Bonchev–Trinajstić information content (AvgIpc) is 2.70. The zero-order chi connectivity index (χ0) is 14.4. The first kappa shape index (κ1) is 15.4. The third kappa shape index (κ3) is 4.49. The summed E-state index contributed by atoms with van der Waals surface area (Å²) < 4.78 is 4.82. The highest BCUT2D eigenvalue weighted by molar-refractivity contribution is 7.17. The van der Waals surface area contributed by atoms with Crippen molar-refractivity contribution in [3.05, 3.63) is 10.6 Å². The first-order chi connectivity index (χ1) is 8.95. The zero-order valence-corrected chi connectivity index (χ0v) is 11.8. The summed E-state index contributed by atoms with van der Waals surface area (Å²) in [5.74, 6) is -1.21. The molecule has 1 aromatic rings. The SMILES string of the molecule is COCCNC(=O)C(C)Nc1nc(C)c(C(=O)O)s1. The highest BCUT2D eigenvalue weighted by Gasteiger charge is 2.17. The molecule has 0 fully saturated rings. The lowest BCUT2D eigenvalue weighted by Crippen LogP contribution is -2.39. The molecule has 1 heterocycles. The van der Waals surface area contributed by atoms with E-state index in [0.29, 0.717) is 24.0 Å². The van der Waals surface area contributed by atoms with Crippen LogP contribution in [-0.2, 0) is 9.53 Å². The molecular formula is C11H17N3O4S. The number of thiazole rings is 1. The lowest BCUT2D eigenvalue weighted by Gasteiger charge is -2.12. The lowest BCUT2D eigenvalue weighted by atomic mass is 10.3. The number of amides is 1. The number of ether oxygens (including phenoxy) is 1. The molecule has 3 N–H and O–H groups in total. The van der Waals surface area contributed by atoms with Gasteiger partial charge in [0, 0.05) is 13.7 Å². The van der Waals surface area contributed by atoms with Crippen LogP contribution < -0.4 is 10.6 Å². The van der Waals surface area contributed by atoms with Crippen molar-refractivity contribution in [3.8, 4) is 0 Å². The van der Waals surface area contributed by atoms with Crippen LogP contribution in [0.25, 0.3) is 0 Å². The van der Waals surface area contributed by atoms with Crippen molar-refractivity contribution in [3.63, 3.8) is 0 Å². The Balaban J connectivity index is 2.56. The standard InChI is InChI=1S/C11H17N3O4S/c1-6-8(10(16)17)19-11(13-6)14-7(2)9(15)12-4-5-18-3/h7H,4-5H2,1-3H3,(H,12,15)(H,13,14)(H,16,17). The Labute approximate surface area is 115 Å². The fraction of sp³-hybridized carbons (Fsp3) is 0.545. The summed E-state index contributed by atoms with van der Waals surface area (Å²) in [6.45, 7) is 4.17. The minimum absolute atomic E-state index is 0.175. The van der Waals surface area contributed by atoms with Gasteiger partial charge < -0.3 is 20.5 Å². The number of rotatable bonds is 7. The molecule has 1 unspecified atom stereocenters. The number of anilines is 1. The van der Waals surface area contributed by atoms with Gasteiger partial charge in [-0.25, -0.2) is 9.78 Å². The average molecular weight is 287 g/mol. The zero-order valence-electron chi connectivity index (χ0n) is 11.0. The van der Waals surface area contributed by atoms with Crippen LogP contribution >= 0.6 is 11.3 Å². The van der Waals surface area contributed by atoms with Crippen LogP contribution in [0.4, 0.5) is 5.13 Å². The molecule has 0 saturated carbocycles. The van der Waals surface area contributed by atoms with Crippen LogP contribution in [0.15, 0.2) is 0 Å². The summed E-state index contributed by atoms with van der Waals surface area (Å²) in [6, 6.07) is -0.496. The summed E-state index contributed by atoms with van der Waals surface area (Å²) in [5, 5.41) is 14.9. The monoisotopic (exact) mass is 287 g/mol. The van der Waals surface area contributed by atoms with Gasteiger partial charge in [-0.2, -0.15) is 0 Å². The van der Waals surface area contributed by atoms with Crippen molar-refractivity contribution < 1.29 is 19.4 Å². The molecule has 19 heavy (non-hydrogen) atoms. The Kier molecular flexibility index (Phi) is 5.71. The summed E-state index contributed by atoms with van der Waals surface area (Å²) in [6.07, 6.45) is 0. The summed E-state index contributed by atoms with van der Waals surface area (Å²) in [4.78, 5) is 26.8. The topological polar surface area (TPSA) is 101 Å². The molecule has 8 heteroatoms. The van der Waals surface area contributed by atoms with Crippen LogP contribution in [0.5, 0.6) is 0 Å². The van der Waals surface area contributed by atoms with Gasteiger partial charge in [-0.3, -0.25) is 4.79 Å². The molecule has 0 radical (unpaired) electrons. The van der Waals surface area contributed by atoms with E-state index in [2.05, 4.69) is 15.6 Å². The van der Waals surface area contributed by atoms with Crippen molar-refractivity contribution >= 4 is 28.3 Å². The van der Waals surface area contributed by atoms with Crippen LogP contribution in [0.3, 0.4) is 0 Å². The van der Waals surface area contributed by atoms with E-state index in [1.54, 1.807) is 21.0 Å². The van der Waals surface area contributed by atoms with Crippen molar-refractivity contribution in [2.24, 2.45) is 0 Å². The van der Waals surface area contributed by atoms with Crippen LogP contribution in [-0.4, -0.2) is 48.3 Å². The quantitative estimate of drug-likeness (QED) is 0.639. The van der Waals surface area contributed by atoms with Gasteiger partial charge >= 0.3 is 5.97 Å². The van der Waals surface area contributed by atoms with Crippen molar-refractivity contribution in [1.29, 1.82) is 0 Å². The molecule has 1 aromatic heterocycles. The van der Waals surface area contributed by atoms with Gasteiger partial charge in [-0.15, -0.1) is 0 Å². The normalized spacial score (nSPS) is 11.9. The van der Waals surface area contributed by atoms with E-state index in [1.807, 2.05) is 0 Å². The number of hydrogen-bond donors (Lipinski definition) is 3. The molecule has 0 aliphatic carbocycles. The first-order valence-corrected chi connectivity index (χ1v) is 6.51. The van der Waals surface area contributed by atoms with Crippen molar-refractivity contribution in [1.82, 2.24) is 10.3 Å². The number of methoxy groups -OCH3 is 1. The highest BCUT2D eigenvalue weighted by Crippen LogP contribution is 2.22. The van der Waals surface area contributed by atoms with Crippen LogP contribution in [0.2, 0.25) is 0 Å². The van der Waals surface area contributed by atoms with E-state index in [0.717, 1.165) is 11.3 Å². The molecule has 1 rings (SSSR count). The summed E-state index contributed by atoms with van der Waals surface area (Å²) >= 11 is 1.02. The molecule has 7 nitrogen and oxygen atoms in total. The van der Waals surface area contributed by atoms with Gasteiger partial charge in [-0.05, 0) is 13.8 Å². The van der Waals surface area contributed by atoms with E-state index in [1.165, 1.54) is 0 Å². The van der Waals surface area contributed by atoms with E-state index in [4.69, 9.17) is 9.84 Å². The fourth-order valence-electron chi connectivity index (χ4n) is 1.34. The third-order valence-electron chi connectivity index (χ3n) is 2.33. The van der Waals surface area contributed by atoms with Crippen molar-refractivity contribution in [2.45, 2.75) is 19.9 Å². The molecule has 0 aromatic carbocycles. The number of carbonyl (C=O) groups is 2. The van der Waals surface area contributed by atoms with E-state index < -0.39 is 12.0 Å². The Bertz CT molecular complexity index is 461. The second-order valence-electron chi connectivity index (χ2n) is 3.89. The molecule has 0 aliphatic heterocycles. The van der Waals surface area contributed by atoms with Crippen LogP contribution in [0.1, 0.15) is 22.3 Å². The van der Waals surface area contributed by atoms with E-state index in [-0.39, 0.29) is 10.8 Å². The second-order valence-corrected chi connectivity index (χ2v) is 4.89. The lowest BCUT2D eigenvalue weighted by molar-refractivity contribution is -0.121. The number of nitrogens with zero attached hydrogens (tertiary/aromatic N) is 1. The molecule has 1 amide bonds. The molecule has 0 spiro atoms. The Hall–Kier alpha value is -1.67. The van der Waals surface area contributed by atoms with Crippen molar-refractivity contribution in [2.75, 3.05) is 25.6 Å². The Morgan fingerprint density at radius 2 is 2.21 bits per heavy atom. The molecule has 0 saturated heterocycles. The number of hydrogen-bond acceptors (Lipinski definition) is 6. The fourth-order valence-corrected chi connectivity index (χ4v) is 2.23. The molecule has 0 aliphatic rings. The van der Waals surface area contributed by atoms with Gasteiger partial charge in [0.1, 0.15) is 10.9 Å². The number of nitrogens with one attached hydrogen (secondary N) is 2. The van der Waals surface area contributed by atoms with Gasteiger partial charge in [0.2, 0.25) is 5.91 Å². The molecular weight excluding hydrogens is 270 g/mol. The number of carboxylic acid groups (broad SMARTS) is 1. The summed E-state index contributed by atoms with van der Waals surface area (Å²) in [5.41, 5.74) is 0.437. The second kappa shape index (κ2) is 7.05. The van der Waals surface area contributed by atoms with Gasteiger partial charge in [0.05, 0.1) is 12.3 Å². The number of carboxylic acids is 1.